The first kappa shape index (κ1) is 24.5. The number of methoxy groups -OCH3 is 1. The van der Waals surface area contributed by atoms with Crippen LogP contribution in [0.1, 0.15) is 64.9 Å². The molecule has 0 saturated heterocycles. The maximum atomic E-state index is 13.4. The van der Waals surface area contributed by atoms with Gasteiger partial charge in [-0.05, 0) is 44.5 Å². The molecule has 4 rings (SSSR count). The number of hydrogen-bond acceptors (Lipinski definition) is 6. The van der Waals surface area contributed by atoms with E-state index in [0.29, 0.717) is 64.3 Å². The number of nitrogens with two attached hydrogens (primary N) is 1. The van der Waals surface area contributed by atoms with Crippen LogP contribution in [0.25, 0.3) is 0 Å². The second kappa shape index (κ2) is 8.56. The van der Waals surface area contributed by atoms with Crippen molar-refractivity contribution in [3.05, 3.63) is 44.8 Å². The monoisotopic (exact) mass is 531 g/mol. The molecule has 34 heavy (non-hydrogen) atoms. The van der Waals surface area contributed by atoms with Crippen molar-refractivity contribution in [1.82, 2.24) is 0 Å². The highest BCUT2D eigenvalue weighted by atomic mass is 79.9. The Morgan fingerprint density at radius 3 is 2.03 bits per heavy atom. The number of ketones is 2. The predicted molar refractivity (Wildman–Crippen MR) is 129 cm³/mol. The molecule has 1 amide bonds. The van der Waals surface area contributed by atoms with Crippen LogP contribution in [-0.4, -0.2) is 31.2 Å². The molecule has 0 fully saturated rings. The highest BCUT2D eigenvalue weighted by Gasteiger charge is 2.48. The van der Waals surface area contributed by atoms with E-state index >= 15 is 0 Å². The van der Waals surface area contributed by atoms with E-state index in [1.807, 2.05) is 6.07 Å². The molecule has 182 valence electrons. The molecular formula is C26H30BrNO6. The highest BCUT2D eigenvalue weighted by Crippen LogP contribution is 2.54. The molecule has 0 unspecified atom stereocenters. The molecule has 1 heterocycles. The maximum absolute atomic E-state index is 13.4. The molecular weight excluding hydrogens is 502 g/mol. The van der Waals surface area contributed by atoms with Crippen LogP contribution >= 0.6 is 15.9 Å². The van der Waals surface area contributed by atoms with Gasteiger partial charge in [0.15, 0.2) is 29.7 Å². The molecule has 8 heteroatoms. The number of carbonyl (C=O) groups excluding carboxylic acids is 3. The van der Waals surface area contributed by atoms with Gasteiger partial charge in [-0.25, -0.2) is 0 Å². The Labute approximate surface area is 207 Å². The number of rotatable bonds is 5. The Morgan fingerprint density at radius 1 is 1.03 bits per heavy atom. The number of allylic oxidation sites excluding steroid dienone is 4. The van der Waals surface area contributed by atoms with Gasteiger partial charge in [0.25, 0.3) is 5.91 Å². The van der Waals surface area contributed by atoms with E-state index in [1.54, 1.807) is 6.07 Å². The third-order valence-corrected chi connectivity index (χ3v) is 7.11. The summed E-state index contributed by atoms with van der Waals surface area (Å²) in [4.78, 5) is 38.1. The van der Waals surface area contributed by atoms with Gasteiger partial charge in [-0.2, -0.15) is 0 Å². The minimum absolute atomic E-state index is 0.00965. The van der Waals surface area contributed by atoms with E-state index in [2.05, 4.69) is 43.6 Å². The summed E-state index contributed by atoms with van der Waals surface area (Å²) >= 11 is 3.51. The van der Waals surface area contributed by atoms with Crippen LogP contribution < -0.4 is 15.2 Å². The molecule has 0 atom stereocenters. The van der Waals surface area contributed by atoms with Crippen LogP contribution in [0.15, 0.2) is 39.3 Å². The lowest BCUT2D eigenvalue weighted by Gasteiger charge is -2.42. The van der Waals surface area contributed by atoms with Crippen LogP contribution in [0, 0.1) is 10.8 Å². The minimum Gasteiger partial charge on any atom is -0.493 e. The van der Waals surface area contributed by atoms with Gasteiger partial charge in [0.05, 0.1) is 11.6 Å². The second-order valence-electron chi connectivity index (χ2n) is 10.9. The van der Waals surface area contributed by atoms with Gasteiger partial charge in [0, 0.05) is 42.7 Å². The number of primary amides is 1. The van der Waals surface area contributed by atoms with Crippen molar-refractivity contribution < 1.29 is 28.6 Å². The first-order valence-corrected chi connectivity index (χ1v) is 12.1. The SMILES string of the molecule is COc1cc(C2C3=C(CC(C)(C)CC3=O)OC3=C2C(=O)CC(C)(C)C3)cc(Br)c1OCC(N)=O. The zero-order valence-corrected chi connectivity index (χ0v) is 21.8. The van der Waals surface area contributed by atoms with Crippen molar-refractivity contribution >= 4 is 33.4 Å². The van der Waals surface area contributed by atoms with Gasteiger partial charge in [-0.1, -0.05) is 27.7 Å². The Balaban J connectivity index is 1.90. The van der Waals surface area contributed by atoms with E-state index in [4.69, 9.17) is 19.9 Å². The zero-order valence-electron chi connectivity index (χ0n) is 20.2. The summed E-state index contributed by atoms with van der Waals surface area (Å²) in [6.07, 6.45) is 2.00. The van der Waals surface area contributed by atoms with Crippen LogP contribution in [-0.2, 0) is 19.1 Å². The Kier molecular flexibility index (Phi) is 6.17. The third-order valence-electron chi connectivity index (χ3n) is 6.53. The lowest BCUT2D eigenvalue weighted by Crippen LogP contribution is -2.37. The summed E-state index contributed by atoms with van der Waals surface area (Å²) in [5.41, 5.74) is 6.59. The van der Waals surface area contributed by atoms with E-state index in [0.717, 1.165) is 5.56 Å². The summed E-state index contributed by atoms with van der Waals surface area (Å²) in [5.74, 6) is 0.814. The molecule has 0 spiro atoms. The Hall–Kier alpha value is -2.61. The van der Waals surface area contributed by atoms with E-state index in [-0.39, 0.29) is 29.0 Å². The van der Waals surface area contributed by atoms with Gasteiger partial charge in [0.2, 0.25) is 0 Å². The maximum Gasteiger partial charge on any atom is 0.255 e. The zero-order chi connectivity index (χ0) is 25.0. The van der Waals surface area contributed by atoms with Crippen LogP contribution in [0.5, 0.6) is 11.5 Å². The molecule has 1 aromatic carbocycles. The van der Waals surface area contributed by atoms with Crippen LogP contribution in [0.3, 0.4) is 0 Å². The number of halogens is 1. The Morgan fingerprint density at radius 2 is 1.56 bits per heavy atom. The predicted octanol–water partition coefficient (Wildman–Crippen LogP) is 4.72. The van der Waals surface area contributed by atoms with Gasteiger partial charge < -0.3 is 19.9 Å². The van der Waals surface area contributed by atoms with Crippen molar-refractivity contribution in [2.24, 2.45) is 16.6 Å². The molecule has 3 aliphatic rings. The second-order valence-corrected chi connectivity index (χ2v) is 11.7. The fourth-order valence-corrected chi connectivity index (χ4v) is 5.77. The molecule has 0 radical (unpaired) electrons. The van der Waals surface area contributed by atoms with Crippen molar-refractivity contribution in [3.8, 4) is 11.5 Å². The summed E-state index contributed by atoms with van der Waals surface area (Å²) in [6.45, 7) is 7.90. The molecule has 2 N–H and O–H groups in total. The summed E-state index contributed by atoms with van der Waals surface area (Å²) < 4.78 is 18.0. The smallest absolute Gasteiger partial charge is 0.255 e. The van der Waals surface area contributed by atoms with Crippen molar-refractivity contribution in [2.75, 3.05) is 13.7 Å². The first-order chi connectivity index (χ1) is 15.8. The average Bonchev–Trinajstić information content (AvgIpc) is 2.68. The summed E-state index contributed by atoms with van der Waals surface area (Å²) in [6, 6.07) is 3.57. The molecule has 7 nitrogen and oxygen atoms in total. The van der Waals surface area contributed by atoms with Crippen molar-refractivity contribution in [2.45, 2.75) is 59.3 Å². The topological polar surface area (TPSA) is 105 Å². The summed E-state index contributed by atoms with van der Waals surface area (Å²) in [5, 5.41) is 0. The lowest BCUT2D eigenvalue weighted by atomic mass is 9.65. The summed E-state index contributed by atoms with van der Waals surface area (Å²) in [7, 11) is 1.49. The molecule has 0 aromatic heterocycles. The largest absolute Gasteiger partial charge is 0.493 e. The Bertz CT molecular complexity index is 1110. The molecule has 0 bridgehead atoms. The quantitative estimate of drug-likeness (QED) is 0.589. The number of carbonyl (C=O) groups is 3. The van der Waals surface area contributed by atoms with Gasteiger partial charge >= 0.3 is 0 Å². The number of Topliss-reactive ketones (excluding diaryl/α,β-unsaturated/α-hetero) is 2. The van der Waals surface area contributed by atoms with Crippen molar-refractivity contribution in [3.63, 3.8) is 0 Å². The van der Waals surface area contributed by atoms with Crippen LogP contribution in [0.4, 0.5) is 0 Å². The number of benzene rings is 1. The van der Waals surface area contributed by atoms with E-state index in [9.17, 15) is 14.4 Å². The lowest BCUT2D eigenvalue weighted by molar-refractivity contribution is -0.121. The highest BCUT2D eigenvalue weighted by molar-refractivity contribution is 9.10. The molecule has 0 saturated carbocycles. The normalized spacial score (nSPS) is 21.6. The molecule has 1 aromatic rings. The van der Waals surface area contributed by atoms with Gasteiger partial charge in [-0.3, -0.25) is 14.4 Å². The fraction of sp³-hybridized carbons (Fsp3) is 0.500. The van der Waals surface area contributed by atoms with Gasteiger partial charge in [-0.15, -0.1) is 0 Å². The van der Waals surface area contributed by atoms with Crippen LogP contribution in [0.2, 0.25) is 0 Å². The first-order valence-electron chi connectivity index (χ1n) is 11.3. The number of amides is 1. The van der Waals surface area contributed by atoms with E-state index < -0.39 is 11.8 Å². The minimum atomic E-state index is -0.613. The number of hydrogen-bond donors (Lipinski definition) is 1. The fourth-order valence-electron chi connectivity index (χ4n) is 5.20. The van der Waals surface area contributed by atoms with E-state index in [1.165, 1.54) is 7.11 Å². The average molecular weight is 532 g/mol. The standard InChI is InChI=1S/C26H30BrNO6/c1-25(2)8-15(29)22-18(10-25)34-19-11-26(3,4)9-16(30)23(19)21(22)13-6-14(27)24(17(7-13)32-5)33-12-20(28)31/h6-7,21H,8-12H2,1-5H3,(H2,28,31). The number of ether oxygens (including phenoxy) is 3. The molecule has 2 aliphatic carbocycles. The van der Waals surface area contributed by atoms with Gasteiger partial charge in [0.1, 0.15) is 11.5 Å². The molecule has 1 aliphatic heterocycles. The van der Waals surface area contributed by atoms with Crippen molar-refractivity contribution in [1.29, 1.82) is 0 Å². The third kappa shape index (κ3) is 4.52.